The van der Waals surface area contributed by atoms with Crippen molar-refractivity contribution in [1.82, 2.24) is 0 Å². The molecular formula is C7H13NO5. The largest absolute Gasteiger partial charge is 0.481 e. The Morgan fingerprint density at radius 2 is 1.69 bits per heavy atom. The third kappa shape index (κ3) is 1.80. The Morgan fingerprint density at radius 3 is 2.15 bits per heavy atom. The van der Waals surface area contributed by atoms with E-state index < -0.39 is 36.2 Å². The Labute approximate surface area is 74.6 Å². The fourth-order valence-electron chi connectivity index (χ4n) is 1.51. The molecule has 1 aliphatic carbocycles. The van der Waals surface area contributed by atoms with Crippen LogP contribution in [-0.2, 0) is 4.79 Å². The standard InChI is InChI=1S/C7H13NO5/c8-3-1-2(7(12)13)4(9)6(11)5(3)10/h2-6,9-11H,1,8H2,(H,12,13)/t2-,3+,4-,5-,6+/m0/s1. The number of carboxylic acids is 1. The topological polar surface area (TPSA) is 124 Å². The van der Waals surface area contributed by atoms with Crippen LogP contribution in [0.25, 0.3) is 0 Å². The van der Waals surface area contributed by atoms with Gasteiger partial charge in [0, 0.05) is 6.04 Å². The SMILES string of the molecule is N[C@@H]1C[C@H](C(=O)O)[C@H](O)[C@@H](O)[C@H]1O. The van der Waals surface area contributed by atoms with E-state index in [-0.39, 0.29) is 6.42 Å². The van der Waals surface area contributed by atoms with Gasteiger partial charge in [0.15, 0.2) is 0 Å². The number of aliphatic hydroxyl groups excluding tert-OH is 3. The highest BCUT2D eigenvalue weighted by molar-refractivity contribution is 5.71. The van der Waals surface area contributed by atoms with Crippen LogP contribution in [-0.4, -0.2) is 50.7 Å². The maximum Gasteiger partial charge on any atom is 0.309 e. The van der Waals surface area contributed by atoms with Gasteiger partial charge in [0.2, 0.25) is 0 Å². The molecule has 1 rings (SSSR count). The van der Waals surface area contributed by atoms with Crippen LogP contribution in [0.5, 0.6) is 0 Å². The number of carbonyl (C=O) groups is 1. The van der Waals surface area contributed by atoms with E-state index in [0.29, 0.717) is 0 Å². The molecule has 76 valence electrons. The highest BCUT2D eigenvalue weighted by atomic mass is 16.4. The molecule has 0 radical (unpaired) electrons. The van der Waals surface area contributed by atoms with E-state index in [2.05, 4.69) is 0 Å². The molecule has 6 N–H and O–H groups in total. The van der Waals surface area contributed by atoms with Crippen LogP contribution >= 0.6 is 0 Å². The first-order chi connectivity index (χ1) is 5.95. The van der Waals surface area contributed by atoms with Gasteiger partial charge in [-0.1, -0.05) is 0 Å². The molecule has 0 spiro atoms. The number of hydrogen-bond acceptors (Lipinski definition) is 5. The molecule has 0 aromatic heterocycles. The summed E-state index contributed by atoms with van der Waals surface area (Å²) in [5, 5.41) is 36.3. The molecule has 0 unspecified atom stereocenters. The van der Waals surface area contributed by atoms with Crippen molar-refractivity contribution in [2.45, 2.75) is 30.8 Å². The van der Waals surface area contributed by atoms with Crippen molar-refractivity contribution >= 4 is 5.97 Å². The lowest BCUT2D eigenvalue weighted by Crippen LogP contribution is -2.58. The lowest BCUT2D eigenvalue weighted by Gasteiger charge is -2.36. The molecule has 0 aromatic carbocycles. The molecule has 6 nitrogen and oxygen atoms in total. The van der Waals surface area contributed by atoms with Gasteiger partial charge >= 0.3 is 5.97 Å². The van der Waals surface area contributed by atoms with Crippen LogP contribution in [0, 0.1) is 5.92 Å². The molecule has 0 bridgehead atoms. The minimum absolute atomic E-state index is 0.0330. The highest BCUT2D eigenvalue weighted by Crippen LogP contribution is 2.24. The third-order valence-corrected chi connectivity index (χ3v) is 2.39. The molecule has 1 aliphatic rings. The average Bonchev–Trinajstić information content (AvgIpc) is 2.07. The van der Waals surface area contributed by atoms with Crippen LogP contribution in [0.15, 0.2) is 0 Å². The molecule has 0 aliphatic heterocycles. The van der Waals surface area contributed by atoms with E-state index in [1.807, 2.05) is 0 Å². The van der Waals surface area contributed by atoms with Crippen molar-refractivity contribution in [2.75, 3.05) is 0 Å². The summed E-state index contributed by atoms with van der Waals surface area (Å²) < 4.78 is 0. The van der Waals surface area contributed by atoms with Crippen LogP contribution in [0.2, 0.25) is 0 Å². The summed E-state index contributed by atoms with van der Waals surface area (Å²) in [7, 11) is 0. The molecule has 5 atom stereocenters. The number of aliphatic carboxylic acids is 1. The minimum atomic E-state index is -1.48. The normalized spacial score (nSPS) is 46.0. The van der Waals surface area contributed by atoms with Gasteiger partial charge in [-0.25, -0.2) is 0 Å². The van der Waals surface area contributed by atoms with Crippen LogP contribution < -0.4 is 5.73 Å². The van der Waals surface area contributed by atoms with Crippen LogP contribution in [0.3, 0.4) is 0 Å². The lowest BCUT2D eigenvalue weighted by atomic mass is 9.80. The monoisotopic (exact) mass is 191 g/mol. The smallest absolute Gasteiger partial charge is 0.309 e. The number of rotatable bonds is 1. The van der Waals surface area contributed by atoms with Crippen LogP contribution in [0.4, 0.5) is 0 Å². The van der Waals surface area contributed by atoms with Gasteiger partial charge in [-0.2, -0.15) is 0 Å². The second-order valence-corrected chi connectivity index (χ2v) is 3.32. The van der Waals surface area contributed by atoms with Gasteiger partial charge in [0.05, 0.1) is 18.1 Å². The maximum atomic E-state index is 10.6. The van der Waals surface area contributed by atoms with Gasteiger partial charge in [0.1, 0.15) is 6.10 Å². The van der Waals surface area contributed by atoms with Crippen molar-refractivity contribution in [3.05, 3.63) is 0 Å². The van der Waals surface area contributed by atoms with Gasteiger partial charge in [-0.05, 0) is 6.42 Å². The van der Waals surface area contributed by atoms with Crippen LogP contribution in [0.1, 0.15) is 6.42 Å². The van der Waals surface area contributed by atoms with Crippen molar-refractivity contribution < 1.29 is 25.2 Å². The molecule has 1 fully saturated rings. The quantitative estimate of drug-likeness (QED) is 0.312. The first-order valence-electron chi connectivity index (χ1n) is 3.97. The zero-order valence-electron chi connectivity index (χ0n) is 6.87. The molecule has 0 saturated heterocycles. The number of hydrogen-bond donors (Lipinski definition) is 5. The Bertz CT molecular complexity index is 209. The third-order valence-electron chi connectivity index (χ3n) is 2.39. The Balaban J connectivity index is 2.76. The summed E-state index contributed by atoms with van der Waals surface area (Å²) in [4.78, 5) is 10.6. The van der Waals surface area contributed by atoms with E-state index in [9.17, 15) is 20.1 Å². The second-order valence-electron chi connectivity index (χ2n) is 3.32. The Morgan fingerprint density at radius 1 is 1.15 bits per heavy atom. The van der Waals surface area contributed by atoms with Gasteiger partial charge in [-0.15, -0.1) is 0 Å². The summed E-state index contributed by atoms with van der Waals surface area (Å²) in [6.45, 7) is 0. The first-order valence-corrected chi connectivity index (χ1v) is 3.97. The molecule has 0 amide bonds. The van der Waals surface area contributed by atoms with E-state index >= 15 is 0 Å². The van der Waals surface area contributed by atoms with E-state index in [0.717, 1.165) is 0 Å². The van der Waals surface area contributed by atoms with Crippen molar-refractivity contribution in [1.29, 1.82) is 0 Å². The summed E-state index contributed by atoms with van der Waals surface area (Å²) in [6.07, 6.45) is -4.22. The predicted molar refractivity (Wildman–Crippen MR) is 41.7 cm³/mol. The van der Waals surface area contributed by atoms with E-state index in [4.69, 9.17) is 10.8 Å². The molecular weight excluding hydrogens is 178 g/mol. The van der Waals surface area contributed by atoms with E-state index in [1.54, 1.807) is 0 Å². The summed E-state index contributed by atoms with van der Waals surface area (Å²) >= 11 is 0. The van der Waals surface area contributed by atoms with Gasteiger partial charge < -0.3 is 26.2 Å². The van der Waals surface area contributed by atoms with Crippen molar-refractivity contribution in [3.63, 3.8) is 0 Å². The zero-order valence-corrected chi connectivity index (χ0v) is 6.87. The van der Waals surface area contributed by atoms with Gasteiger partial charge in [0.25, 0.3) is 0 Å². The Kier molecular flexibility index (Phi) is 2.87. The molecule has 0 heterocycles. The summed E-state index contributed by atoms with van der Waals surface area (Å²) in [5.41, 5.74) is 5.37. The van der Waals surface area contributed by atoms with Crippen molar-refractivity contribution in [2.24, 2.45) is 11.7 Å². The molecule has 13 heavy (non-hydrogen) atoms. The maximum absolute atomic E-state index is 10.6. The minimum Gasteiger partial charge on any atom is -0.481 e. The summed E-state index contributed by atoms with van der Waals surface area (Å²) in [6, 6.07) is -0.806. The molecule has 1 saturated carbocycles. The second kappa shape index (κ2) is 3.59. The van der Waals surface area contributed by atoms with E-state index in [1.165, 1.54) is 0 Å². The van der Waals surface area contributed by atoms with Gasteiger partial charge in [-0.3, -0.25) is 4.79 Å². The average molecular weight is 191 g/mol. The predicted octanol–water partition coefficient (Wildman–Crippen LogP) is -2.50. The first kappa shape index (κ1) is 10.4. The Hall–Kier alpha value is -0.690. The zero-order chi connectivity index (χ0) is 10.2. The fourth-order valence-corrected chi connectivity index (χ4v) is 1.51. The lowest BCUT2D eigenvalue weighted by molar-refractivity contribution is -0.162. The molecule has 0 aromatic rings. The fraction of sp³-hybridized carbons (Fsp3) is 0.857. The number of aliphatic hydroxyl groups is 3. The molecule has 6 heteroatoms. The van der Waals surface area contributed by atoms with Crippen molar-refractivity contribution in [3.8, 4) is 0 Å². The summed E-state index contributed by atoms with van der Waals surface area (Å²) in [5.74, 6) is -2.32. The number of carboxylic acid groups (broad SMARTS) is 1. The number of nitrogens with two attached hydrogens (primary N) is 1. The highest BCUT2D eigenvalue weighted by Gasteiger charge is 2.44.